The van der Waals surface area contributed by atoms with E-state index in [4.69, 9.17) is 4.74 Å². The number of aliphatic hydroxyl groups is 4. The lowest BCUT2D eigenvalue weighted by Crippen LogP contribution is -2.70. The van der Waals surface area contributed by atoms with Crippen LogP contribution in [0.5, 0.6) is 5.75 Å². The summed E-state index contributed by atoms with van der Waals surface area (Å²) in [6.45, 7) is 2.74. The molecule has 36 heavy (non-hydrogen) atoms. The van der Waals surface area contributed by atoms with E-state index in [-0.39, 0.29) is 16.9 Å². The van der Waals surface area contributed by atoms with Crippen LogP contribution in [0, 0.1) is 11.8 Å². The molecule has 0 spiro atoms. The number of nitrogens with zero attached hydrogens (tertiary/aromatic N) is 1. The average molecular weight is 501 g/mol. The van der Waals surface area contributed by atoms with Crippen LogP contribution in [0.4, 0.5) is 0 Å². The first-order valence-corrected chi connectivity index (χ1v) is 11.3. The molecule has 1 fully saturated rings. The van der Waals surface area contributed by atoms with Gasteiger partial charge in [-0.05, 0) is 31.6 Å². The topological polar surface area (TPSA) is 174 Å². The van der Waals surface area contributed by atoms with Crippen LogP contribution in [0.3, 0.4) is 0 Å². The summed E-state index contributed by atoms with van der Waals surface area (Å²) < 4.78 is 5.35. The number of benzene rings is 1. The van der Waals surface area contributed by atoms with Crippen LogP contribution < -0.4 is 10.1 Å². The van der Waals surface area contributed by atoms with E-state index in [1.165, 1.54) is 26.1 Å². The van der Waals surface area contributed by atoms with Crippen LogP contribution >= 0.6 is 0 Å². The standard InChI is InChI=1S/C25H28N2O9/c1-9-11-7-6-8-12(36-5)14(11)19(29)15-13(9)20(30)17-18(27(3)4)21(31)16(24(34)26-10(2)28)23(33)25(17,35)22(15)32/h6-9,13,17-18,20,29-30,33,35H,1-5H3,(H,26,28,34)/t9-,13+,17+,18-,20-,25-/m0/s1. The Morgan fingerprint density at radius 1 is 1.17 bits per heavy atom. The number of imide groups is 1. The minimum Gasteiger partial charge on any atom is -0.508 e. The largest absolute Gasteiger partial charge is 0.508 e. The Bertz CT molecular complexity index is 1260. The number of rotatable bonds is 3. The van der Waals surface area contributed by atoms with Gasteiger partial charge in [0.05, 0.1) is 30.7 Å². The summed E-state index contributed by atoms with van der Waals surface area (Å²) in [5.41, 5.74) is -3.47. The fourth-order valence-electron chi connectivity index (χ4n) is 5.94. The first-order chi connectivity index (χ1) is 16.8. The maximum absolute atomic E-state index is 14.0. The van der Waals surface area contributed by atoms with E-state index in [9.17, 15) is 39.6 Å². The highest BCUT2D eigenvalue weighted by Crippen LogP contribution is 2.56. The van der Waals surface area contributed by atoms with Crippen molar-refractivity contribution in [1.82, 2.24) is 10.2 Å². The van der Waals surface area contributed by atoms with Crippen LogP contribution in [0.1, 0.15) is 30.9 Å². The maximum atomic E-state index is 14.0. The molecular weight excluding hydrogens is 472 g/mol. The fourth-order valence-corrected chi connectivity index (χ4v) is 5.94. The number of fused-ring (bicyclic) bond motifs is 3. The predicted octanol–water partition coefficient (Wildman–Crippen LogP) is -0.0238. The van der Waals surface area contributed by atoms with Crippen LogP contribution in [-0.4, -0.2) is 87.7 Å². The summed E-state index contributed by atoms with van der Waals surface area (Å²) >= 11 is 0. The molecule has 4 rings (SSSR count). The monoisotopic (exact) mass is 500 g/mol. The van der Waals surface area contributed by atoms with E-state index >= 15 is 0 Å². The Morgan fingerprint density at radius 2 is 1.81 bits per heavy atom. The third-order valence-electron chi connectivity index (χ3n) is 7.47. The average Bonchev–Trinajstić information content (AvgIpc) is 2.80. The van der Waals surface area contributed by atoms with Gasteiger partial charge in [0.25, 0.3) is 5.91 Å². The van der Waals surface area contributed by atoms with Gasteiger partial charge >= 0.3 is 0 Å². The van der Waals surface area contributed by atoms with E-state index in [0.29, 0.717) is 5.56 Å². The molecule has 0 heterocycles. The summed E-state index contributed by atoms with van der Waals surface area (Å²) in [6.07, 6.45) is -1.60. The molecule has 0 aliphatic heterocycles. The number of carbonyl (C=O) groups is 4. The highest BCUT2D eigenvalue weighted by atomic mass is 16.5. The number of nitrogens with one attached hydrogen (secondary N) is 1. The van der Waals surface area contributed by atoms with Gasteiger partial charge in [0.15, 0.2) is 11.4 Å². The van der Waals surface area contributed by atoms with E-state index < -0.39 is 76.0 Å². The summed E-state index contributed by atoms with van der Waals surface area (Å²) in [5.74, 6) is -9.01. The molecule has 5 N–H and O–H groups in total. The lowest BCUT2D eigenvalue weighted by Gasteiger charge is -2.53. The van der Waals surface area contributed by atoms with E-state index in [1.54, 1.807) is 25.1 Å². The Balaban J connectivity index is 2.03. The lowest BCUT2D eigenvalue weighted by molar-refractivity contribution is -0.169. The molecule has 11 heteroatoms. The Morgan fingerprint density at radius 3 is 2.36 bits per heavy atom. The van der Waals surface area contributed by atoms with E-state index in [2.05, 4.69) is 0 Å². The van der Waals surface area contributed by atoms with Crippen molar-refractivity contribution in [3.63, 3.8) is 0 Å². The number of ether oxygens (including phenoxy) is 1. The number of likely N-dealkylation sites (N-methyl/N-ethyl adjacent to an activating group) is 1. The van der Waals surface area contributed by atoms with Gasteiger partial charge in [0, 0.05) is 18.4 Å². The molecule has 1 aromatic carbocycles. The molecule has 3 aliphatic carbocycles. The first kappa shape index (κ1) is 25.5. The zero-order valence-corrected chi connectivity index (χ0v) is 20.4. The molecule has 192 valence electrons. The SMILES string of the molecule is COc1cccc2c1C(O)=C1C(=O)[C@]3(O)C(O)=C(C(=O)NC(C)=O)C(=O)[C@@H](N(C)C)[C@@H]3[C@@H](O)[C@@H]1[C@H]2C. The molecule has 6 atom stereocenters. The molecule has 11 nitrogen and oxygen atoms in total. The zero-order valence-electron chi connectivity index (χ0n) is 20.4. The van der Waals surface area contributed by atoms with Crippen LogP contribution in [-0.2, 0) is 19.2 Å². The Labute approximate surface area is 206 Å². The van der Waals surface area contributed by atoms with Gasteiger partial charge < -0.3 is 25.2 Å². The molecule has 0 radical (unpaired) electrons. The molecule has 1 aromatic rings. The molecule has 0 unspecified atom stereocenters. The smallest absolute Gasteiger partial charge is 0.265 e. The minimum atomic E-state index is -2.94. The fraction of sp³-hybridized carbons (Fsp3) is 0.440. The number of hydrogen-bond donors (Lipinski definition) is 5. The Kier molecular flexibility index (Phi) is 6.06. The van der Waals surface area contributed by atoms with Gasteiger partial charge in [-0.25, -0.2) is 0 Å². The normalized spacial score (nSPS) is 31.6. The van der Waals surface area contributed by atoms with Gasteiger partial charge in [0.2, 0.25) is 11.7 Å². The number of aliphatic hydroxyl groups excluding tert-OH is 3. The first-order valence-electron chi connectivity index (χ1n) is 11.3. The van der Waals surface area contributed by atoms with Gasteiger partial charge in [-0.1, -0.05) is 19.1 Å². The second kappa shape index (κ2) is 8.54. The van der Waals surface area contributed by atoms with E-state index in [0.717, 1.165) is 6.92 Å². The maximum Gasteiger partial charge on any atom is 0.265 e. The molecule has 0 bridgehead atoms. The van der Waals surface area contributed by atoms with Gasteiger partial charge in [-0.15, -0.1) is 0 Å². The van der Waals surface area contributed by atoms with Crippen molar-refractivity contribution in [3.8, 4) is 5.75 Å². The van der Waals surface area contributed by atoms with E-state index in [1.807, 2.05) is 5.32 Å². The lowest BCUT2D eigenvalue weighted by atomic mass is 9.54. The highest BCUT2D eigenvalue weighted by molar-refractivity contribution is 6.27. The molecule has 0 saturated heterocycles. The highest BCUT2D eigenvalue weighted by Gasteiger charge is 2.68. The van der Waals surface area contributed by atoms with Gasteiger partial charge in [0.1, 0.15) is 22.8 Å². The second-order valence-corrected chi connectivity index (χ2v) is 9.62. The number of hydrogen-bond acceptors (Lipinski definition) is 10. The van der Waals surface area contributed by atoms with Crippen molar-refractivity contribution >= 4 is 29.1 Å². The molecule has 0 aromatic heterocycles. The number of ketones is 2. The summed E-state index contributed by atoms with van der Waals surface area (Å²) in [6, 6.07) is 3.57. The quantitative estimate of drug-likeness (QED) is 0.355. The van der Waals surface area contributed by atoms with Crippen molar-refractivity contribution in [3.05, 3.63) is 46.2 Å². The summed E-state index contributed by atoms with van der Waals surface area (Å²) in [5, 5.41) is 47.5. The summed E-state index contributed by atoms with van der Waals surface area (Å²) in [7, 11) is 4.29. The van der Waals surface area contributed by atoms with Crippen LogP contribution in [0.15, 0.2) is 35.1 Å². The van der Waals surface area contributed by atoms with Crippen molar-refractivity contribution in [2.45, 2.75) is 37.5 Å². The number of amides is 2. The van der Waals surface area contributed by atoms with Crippen molar-refractivity contribution < 1.29 is 44.3 Å². The van der Waals surface area contributed by atoms with Crippen molar-refractivity contribution in [2.24, 2.45) is 11.8 Å². The van der Waals surface area contributed by atoms with Gasteiger partial charge in [-0.3, -0.25) is 29.4 Å². The van der Waals surface area contributed by atoms with Crippen molar-refractivity contribution in [1.29, 1.82) is 0 Å². The molecule has 2 amide bonds. The predicted molar refractivity (Wildman–Crippen MR) is 125 cm³/mol. The number of methoxy groups -OCH3 is 1. The van der Waals surface area contributed by atoms with Crippen LogP contribution in [0.2, 0.25) is 0 Å². The molecule has 1 saturated carbocycles. The molecule has 3 aliphatic rings. The van der Waals surface area contributed by atoms with Gasteiger partial charge in [-0.2, -0.15) is 0 Å². The molecular formula is C25H28N2O9. The van der Waals surface area contributed by atoms with Crippen molar-refractivity contribution in [2.75, 3.05) is 21.2 Å². The third kappa shape index (κ3) is 3.23. The third-order valence-corrected chi connectivity index (χ3v) is 7.47. The Hall–Kier alpha value is -3.54. The van der Waals surface area contributed by atoms with Crippen LogP contribution in [0.25, 0.3) is 5.76 Å². The minimum absolute atomic E-state index is 0.204. The number of carbonyl (C=O) groups excluding carboxylic acids is 4. The number of Topliss-reactive ketones (excluding diaryl/α,β-unsaturated/α-hetero) is 2. The summed E-state index contributed by atoms with van der Waals surface area (Å²) in [4.78, 5) is 52.8. The zero-order chi connectivity index (χ0) is 26.9. The second-order valence-electron chi connectivity index (χ2n) is 9.62.